The van der Waals surface area contributed by atoms with Crippen LogP contribution in [0.25, 0.3) is 0 Å². The molecule has 1 heterocycles. The van der Waals surface area contributed by atoms with Gasteiger partial charge in [0.1, 0.15) is 5.75 Å². The zero-order chi connectivity index (χ0) is 13.7. The van der Waals surface area contributed by atoms with Crippen LogP contribution in [0.5, 0.6) is 5.75 Å². The molecule has 0 radical (unpaired) electrons. The first-order valence-electron chi connectivity index (χ1n) is 5.89. The van der Waals surface area contributed by atoms with E-state index in [4.69, 9.17) is 9.84 Å². The quantitative estimate of drug-likeness (QED) is 0.811. The lowest BCUT2D eigenvalue weighted by atomic mass is 9.94. The van der Waals surface area contributed by atoms with E-state index in [1.54, 1.807) is 6.07 Å². The van der Waals surface area contributed by atoms with Crippen LogP contribution >= 0.6 is 0 Å². The van der Waals surface area contributed by atoms with Gasteiger partial charge in [-0.2, -0.15) is 5.21 Å². The third-order valence-corrected chi connectivity index (χ3v) is 2.65. The molecule has 0 aliphatic rings. The van der Waals surface area contributed by atoms with E-state index < -0.39 is 11.9 Å². The number of hydrogen-bond donors (Lipinski definition) is 2. The van der Waals surface area contributed by atoms with Crippen molar-refractivity contribution in [1.29, 1.82) is 0 Å². The molecule has 1 atom stereocenters. The van der Waals surface area contributed by atoms with Gasteiger partial charge >= 0.3 is 5.97 Å². The molecule has 100 valence electrons. The minimum absolute atomic E-state index is 0.121. The van der Waals surface area contributed by atoms with Gasteiger partial charge in [0, 0.05) is 5.56 Å². The Morgan fingerprint density at radius 2 is 2.26 bits per heavy atom. The highest BCUT2D eigenvalue weighted by molar-refractivity contribution is 5.69. The molecule has 2 rings (SSSR count). The first-order chi connectivity index (χ1) is 9.22. The Morgan fingerprint density at radius 3 is 2.89 bits per heavy atom. The van der Waals surface area contributed by atoms with Crippen molar-refractivity contribution in [1.82, 2.24) is 20.6 Å². The Kier molecular flexibility index (Phi) is 4.07. The van der Waals surface area contributed by atoms with E-state index in [1.807, 2.05) is 25.1 Å². The van der Waals surface area contributed by atoms with Crippen LogP contribution in [0, 0.1) is 0 Å². The van der Waals surface area contributed by atoms with Gasteiger partial charge in [0.05, 0.1) is 18.9 Å². The second kappa shape index (κ2) is 5.94. The van der Waals surface area contributed by atoms with Gasteiger partial charge in [0.25, 0.3) is 0 Å². The van der Waals surface area contributed by atoms with Gasteiger partial charge in [-0.15, -0.1) is 10.2 Å². The van der Waals surface area contributed by atoms with E-state index in [1.165, 1.54) is 0 Å². The van der Waals surface area contributed by atoms with Crippen molar-refractivity contribution in [2.45, 2.75) is 19.3 Å². The topological polar surface area (TPSA) is 101 Å². The fourth-order valence-electron chi connectivity index (χ4n) is 1.89. The van der Waals surface area contributed by atoms with Gasteiger partial charge in [-0.3, -0.25) is 4.79 Å². The maximum atomic E-state index is 11.0. The Morgan fingerprint density at radius 1 is 1.47 bits per heavy atom. The van der Waals surface area contributed by atoms with Crippen LogP contribution in [-0.4, -0.2) is 38.3 Å². The number of carbonyl (C=O) groups is 1. The molecule has 0 aliphatic heterocycles. The van der Waals surface area contributed by atoms with Crippen LogP contribution in [-0.2, 0) is 4.79 Å². The average Bonchev–Trinajstić information content (AvgIpc) is 2.91. The largest absolute Gasteiger partial charge is 0.494 e. The molecule has 2 N–H and O–H groups in total. The number of para-hydroxylation sites is 1. The van der Waals surface area contributed by atoms with Gasteiger partial charge in [0.15, 0.2) is 5.82 Å². The highest BCUT2D eigenvalue weighted by atomic mass is 16.5. The first-order valence-corrected chi connectivity index (χ1v) is 5.89. The predicted octanol–water partition coefficient (Wildman–Crippen LogP) is 1.20. The second-order valence-corrected chi connectivity index (χ2v) is 3.89. The number of carboxylic acid groups (broad SMARTS) is 1. The Hall–Kier alpha value is -2.44. The number of aromatic nitrogens is 4. The minimum atomic E-state index is -0.930. The van der Waals surface area contributed by atoms with E-state index in [0.29, 0.717) is 18.2 Å². The Labute approximate surface area is 109 Å². The van der Waals surface area contributed by atoms with Crippen molar-refractivity contribution in [2.75, 3.05) is 6.61 Å². The first kappa shape index (κ1) is 13.0. The fourth-order valence-corrected chi connectivity index (χ4v) is 1.89. The van der Waals surface area contributed by atoms with E-state index in [-0.39, 0.29) is 6.42 Å². The number of aliphatic carboxylic acids is 1. The highest BCUT2D eigenvalue weighted by Crippen LogP contribution is 2.32. The Balaban J connectivity index is 2.40. The monoisotopic (exact) mass is 262 g/mol. The average molecular weight is 262 g/mol. The number of aromatic amines is 1. The fraction of sp³-hybridized carbons (Fsp3) is 0.333. The molecular formula is C12H14N4O3. The van der Waals surface area contributed by atoms with E-state index in [9.17, 15) is 4.79 Å². The molecular weight excluding hydrogens is 248 g/mol. The zero-order valence-corrected chi connectivity index (χ0v) is 10.4. The molecule has 0 aliphatic carbocycles. The molecule has 0 spiro atoms. The third kappa shape index (κ3) is 3.06. The number of rotatable bonds is 6. The minimum Gasteiger partial charge on any atom is -0.494 e. The number of benzene rings is 1. The summed E-state index contributed by atoms with van der Waals surface area (Å²) in [7, 11) is 0. The van der Waals surface area contributed by atoms with Crippen molar-refractivity contribution in [3.8, 4) is 5.75 Å². The van der Waals surface area contributed by atoms with Crippen LogP contribution < -0.4 is 4.74 Å². The molecule has 7 heteroatoms. The molecule has 0 amide bonds. The highest BCUT2D eigenvalue weighted by Gasteiger charge is 2.24. The van der Waals surface area contributed by atoms with Crippen molar-refractivity contribution < 1.29 is 14.6 Å². The molecule has 19 heavy (non-hydrogen) atoms. The van der Waals surface area contributed by atoms with Crippen LogP contribution in [0.3, 0.4) is 0 Å². The van der Waals surface area contributed by atoms with Gasteiger partial charge in [-0.1, -0.05) is 23.4 Å². The smallest absolute Gasteiger partial charge is 0.304 e. The zero-order valence-electron chi connectivity index (χ0n) is 10.4. The van der Waals surface area contributed by atoms with E-state index >= 15 is 0 Å². The van der Waals surface area contributed by atoms with Crippen LogP contribution in [0.15, 0.2) is 24.3 Å². The normalized spacial score (nSPS) is 12.1. The number of ether oxygens (including phenoxy) is 1. The van der Waals surface area contributed by atoms with Crippen molar-refractivity contribution in [3.05, 3.63) is 35.7 Å². The molecule has 0 saturated heterocycles. The van der Waals surface area contributed by atoms with Gasteiger partial charge in [-0.05, 0) is 13.0 Å². The number of tetrazole rings is 1. The summed E-state index contributed by atoms with van der Waals surface area (Å²) in [6.45, 7) is 2.38. The standard InChI is InChI=1S/C12H14N4O3/c1-2-19-10-6-4-3-5-8(10)9(7-11(17)18)12-13-15-16-14-12/h3-6,9H,2,7H2,1H3,(H,17,18)(H,13,14,15,16). The molecule has 1 aromatic heterocycles. The van der Waals surface area contributed by atoms with Gasteiger partial charge < -0.3 is 9.84 Å². The molecule has 2 aromatic rings. The van der Waals surface area contributed by atoms with Crippen LogP contribution in [0.2, 0.25) is 0 Å². The number of carboxylic acids is 1. The summed E-state index contributed by atoms with van der Waals surface area (Å²) in [6.07, 6.45) is -0.121. The molecule has 0 fully saturated rings. The van der Waals surface area contributed by atoms with E-state index in [0.717, 1.165) is 5.56 Å². The number of nitrogens with one attached hydrogen (secondary N) is 1. The van der Waals surface area contributed by atoms with Crippen molar-refractivity contribution in [2.24, 2.45) is 0 Å². The number of hydrogen-bond acceptors (Lipinski definition) is 5. The maximum Gasteiger partial charge on any atom is 0.304 e. The van der Waals surface area contributed by atoms with Crippen LogP contribution in [0.4, 0.5) is 0 Å². The lowest BCUT2D eigenvalue weighted by molar-refractivity contribution is -0.137. The summed E-state index contributed by atoms with van der Waals surface area (Å²) in [4.78, 5) is 11.0. The molecule has 0 bridgehead atoms. The SMILES string of the molecule is CCOc1ccccc1C(CC(=O)O)c1nn[nH]n1. The van der Waals surface area contributed by atoms with Gasteiger partial charge in [0.2, 0.25) is 0 Å². The Bertz CT molecular complexity index is 542. The summed E-state index contributed by atoms with van der Waals surface area (Å²) in [5.74, 6) is -0.435. The molecule has 1 aromatic carbocycles. The summed E-state index contributed by atoms with van der Waals surface area (Å²) >= 11 is 0. The second-order valence-electron chi connectivity index (χ2n) is 3.89. The van der Waals surface area contributed by atoms with E-state index in [2.05, 4.69) is 20.6 Å². The van der Waals surface area contributed by atoms with Crippen molar-refractivity contribution in [3.63, 3.8) is 0 Å². The summed E-state index contributed by atoms with van der Waals surface area (Å²) in [6, 6.07) is 7.28. The molecule has 7 nitrogen and oxygen atoms in total. The number of H-pyrrole nitrogens is 1. The van der Waals surface area contributed by atoms with Gasteiger partial charge in [-0.25, -0.2) is 0 Å². The third-order valence-electron chi connectivity index (χ3n) is 2.65. The lowest BCUT2D eigenvalue weighted by Crippen LogP contribution is -2.11. The molecule has 0 saturated carbocycles. The predicted molar refractivity (Wildman–Crippen MR) is 65.9 cm³/mol. The lowest BCUT2D eigenvalue weighted by Gasteiger charge is -2.15. The summed E-state index contributed by atoms with van der Waals surface area (Å²) < 4.78 is 5.52. The number of nitrogens with zero attached hydrogens (tertiary/aromatic N) is 3. The summed E-state index contributed by atoms with van der Waals surface area (Å²) in [5.41, 5.74) is 0.744. The molecule has 1 unspecified atom stereocenters. The van der Waals surface area contributed by atoms with Crippen LogP contribution in [0.1, 0.15) is 30.7 Å². The summed E-state index contributed by atoms with van der Waals surface area (Å²) in [5, 5.41) is 22.6. The maximum absolute atomic E-state index is 11.0. The van der Waals surface area contributed by atoms with Crippen molar-refractivity contribution >= 4 is 5.97 Å².